The number of imidazole rings is 1. The molecule has 0 bridgehead atoms. The highest BCUT2D eigenvalue weighted by Gasteiger charge is 2.22. The number of H-pyrrole nitrogens is 1. The van der Waals surface area contributed by atoms with Gasteiger partial charge in [0.2, 0.25) is 6.41 Å². The normalized spacial score (nSPS) is 13.2. The van der Waals surface area contributed by atoms with Gasteiger partial charge in [0.1, 0.15) is 18.0 Å². The number of fused-ring (bicyclic) bond motifs is 1. The van der Waals surface area contributed by atoms with Gasteiger partial charge < -0.3 is 14.6 Å². The van der Waals surface area contributed by atoms with Gasteiger partial charge in [0.05, 0.1) is 25.7 Å². The van der Waals surface area contributed by atoms with Crippen LogP contribution in [-0.2, 0) is 20.9 Å². The van der Waals surface area contributed by atoms with Gasteiger partial charge in [-0.1, -0.05) is 6.08 Å². The number of carbonyl (C=O) groups excluding carboxylic acids is 2. The first-order valence-electron chi connectivity index (χ1n) is 8.03. The molecule has 0 aliphatic heterocycles. The molecule has 2 rings (SSSR count). The van der Waals surface area contributed by atoms with E-state index in [1.165, 1.54) is 35.8 Å². The van der Waals surface area contributed by atoms with Crippen LogP contribution in [0.25, 0.3) is 11.0 Å². The molecule has 2 aromatic rings. The SMILES string of the molecule is C=CC[C@@H](C(=O)OC)n1ccc2[nH]c(CN(C=O)CC(C)F)nc2c1=O. The lowest BCUT2D eigenvalue weighted by Gasteiger charge is -2.16. The molecule has 2 aromatic heterocycles. The summed E-state index contributed by atoms with van der Waals surface area (Å²) in [5.74, 6) is -0.216. The van der Waals surface area contributed by atoms with Crippen molar-refractivity contribution in [2.24, 2.45) is 0 Å². The van der Waals surface area contributed by atoms with E-state index in [2.05, 4.69) is 16.5 Å². The molecule has 1 N–H and O–H groups in total. The third kappa shape index (κ3) is 4.16. The van der Waals surface area contributed by atoms with Gasteiger partial charge in [-0.3, -0.25) is 14.2 Å². The number of aromatic nitrogens is 3. The van der Waals surface area contributed by atoms with Crippen LogP contribution in [0.4, 0.5) is 4.39 Å². The van der Waals surface area contributed by atoms with Crippen molar-refractivity contribution in [1.29, 1.82) is 0 Å². The Morgan fingerprint density at radius 2 is 2.31 bits per heavy atom. The highest BCUT2D eigenvalue weighted by atomic mass is 19.1. The quantitative estimate of drug-likeness (QED) is 0.411. The average molecular weight is 364 g/mol. The molecule has 0 aliphatic rings. The summed E-state index contributed by atoms with van der Waals surface area (Å²) in [5.41, 5.74) is 0.112. The summed E-state index contributed by atoms with van der Waals surface area (Å²) < 4.78 is 19.1. The largest absolute Gasteiger partial charge is 0.467 e. The number of hydrogen-bond acceptors (Lipinski definition) is 5. The van der Waals surface area contributed by atoms with Gasteiger partial charge in [-0.05, 0) is 19.4 Å². The third-order valence-corrected chi connectivity index (χ3v) is 3.81. The maximum Gasteiger partial charge on any atom is 0.329 e. The molecule has 0 saturated carbocycles. The minimum absolute atomic E-state index is 0.0406. The van der Waals surface area contributed by atoms with Crippen molar-refractivity contribution in [3.05, 3.63) is 41.1 Å². The first-order chi connectivity index (χ1) is 12.4. The molecule has 0 aliphatic carbocycles. The Morgan fingerprint density at radius 1 is 1.58 bits per heavy atom. The third-order valence-electron chi connectivity index (χ3n) is 3.81. The Bertz CT molecular complexity index is 858. The number of ether oxygens (including phenoxy) is 1. The van der Waals surface area contributed by atoms with Gasteiger partial charge in [0, 0.05) is 6.20 Å². The summed E-state index contributed by atoms with van der Waals surface area (Å²) in [6.45, 7) is 4.90. The number of aromatic amines is 1. The van der Waals surface area contributed by atoms with Gasteiger partial charge >= 0.3 is 5.97 Å². The molecule has 0 spiro atoms. The van der Waals surface area contributed by atoms with E-state index in [1.54, 1.807) is 6.07 Å². The zero-order chi connectivity index (χ0) is 19.3. The standard InChI is InChI=1S/C17H21FN4O4/c1-4-5-13(17(25)26-3)22-7-6-12-15(16(22)24)20-14(19-12)9-21(10-23)8-11(2)18/h4,6-7,10-11,13H,1,5,8-9H2,2-3H3,(H,19,20)/t11?,13-/m0/s1. The highest BCUT2D eigenvalue weighted by molar-refractivity contribution is 5.77. The summed E-state index contributed by atoms with van der Waals surface area (Å²) in [6, 6.07) is 0.767. The van der Waals surface area contributed by atoms with E-state index < -0.39 is 23.7 Å². The van der Waals surface area contributed by atoms with Crippen LogP contribution in [0.2, 0.25) is 0 Å². The van der Waals surface area contributed by atoms with Crippen LogP contribution >= 0.6 is 0 Å². The number of allylic oxidation sites excluding steroid dienone is 1. The second kappa shape index (κ2) is 8.41. The first-order valence-corrected chi connectivity index (χ1v) is 8.03. The predicted octanol–water partition coefficient (Wildman–Crippen LogP) is 1.33. The topological polar surface area (TPSA) is 97.3 Å². The fourth-order valence-electron chi connectivity index (χ4n) is 2.66. The number of nitrogens with one attached hydrogen (secondary N) is 1. The van der Waals surface area contributed by atoms with Gasteiger partial charge in [0.25, 0.3) is 5.56 Å². The molecule has 2 atom stereocenters. The average Bonchev–Trinajstić information content (AvgIpc) is 3.02. The van der Waals surface area contributed by atoms with Crippen LogP contribution in [0.15, 0.2) is 29.7 Å². The van der Waals surface area contributed by atoms with Crippen LogP contribution in [0.3, 0.4) is 0 Å². The van der Waals surface area contributed by atoms with E-state index in [4.69, 9.17) is 4.74 Å². The van der Waals surface area contributed by atoms with E-state index in [0.29, 0.717) is 17.8 Å². The molecular formula is C17H21FN4O4. The van der Waals surface area contributed by atoms with Crippen LogP contribution in [0.1, 0.15) is 25.2 Å². The molecule has 1 amide bonds. The van der Waals surface area contributed by atoms with Crippen molar-refractivity contribution in [3.63, 3.8) is 0 Å². The Kier molecular flexibility index (Phi) is 6.26. The van der Waals surface area contributed by atoms with Crippen LogP contribution in [0, 0.1) is 0 Å². The van der Waals surface area contributed by atoms with Crippen molar-refractivity contribution >= 4 is 23.4 Å². The van der Waals surface area contributed by atoms with Gasteiger partial charge in [-0.25, -0.2) is 14.2 Å². The van der Waals surface area contributed by atoms with E-state index in [1.807, 2.05) is 0 Å². The van der Waals surface area contributed by atoms with Gasteiger partial charge in [-0.15, -0.1) is 6.58 Å². The van der Waals surface area contributed by atoms with Gasteiger partial charge in [-0.2, -0.15) is 0 Å². The van der Waals surface area contributed by atoms with E-state index in [9.17, 15) is 18.8 Å². The molecule has 0 saturated heterocycles. The summed E-state index contributed by atoms with van der Waals surface area (Å²) in [7, 11) is 1.24. The fourth-order valence-corrected chi connectivity index (χ4v) is 2.66. The van der Waals surface area contributed by atoms with E-state index in [-0.39, 0.29) is 25.0 Å². The Labute approximate surface area is 149 Å². The minimum atomic E-state index is -1.18. The van der Waals surface area contributed by atoms with Crippen molar-refractivity contribution in [2.75, 3.05) is 13.7 Å². The molecule has 2 heterocycles. The number of carbonyl (C=O) groups is 2. The number of esters is 1. The maximum absolute atomic E-state index is 13.1. The summed E-state index contributed by atoms with van der Waals surface area (Å²) in [4.78, 5) is 44.0. The Morgan fingerprint density at radius 3 is 2.88 bits per heavy atom. The lowest BCUT2D eigenvalue weighted by molar-refractivity contribution is -0.144. The van der Waals surface area contributed by atoms with Crippen molar-refractivity contribution in [2.45, 2.75) is 32.1 Å². The maximum atomic E-state index is 13.1. The summed E-state index contributed by atoms with van der Waals surface area (Å²) in [6.07, 6.45) is 2.57. The number of methoxy groups -OCH3 is 1. The summed E-state index contributed by atoms with van der Waals surface area (Å²) in [5, 5.41) is 0. The molecule has 1 unspecified atom stereocenters. The number of halogens is 1. The fraction of sp³-hybridized carbons (Fsp3) is 0.412. The number of pyridine rings is 1. The Hall–Kier alpha value is -2.97. The van der Waals surface area contributed by atoms with Crippen molar-refractivity contribution in [1.82, 2.24) is 19.4 Å². The molecule has 140 valence electrons. The zero-order valence-corrected chi connectivity index (χ0v) is 14.6. The second-order valence-corrected chi connectivity index (χ2v) is 5.85. The van der Waals surface area contributed by atoms with Crippen LogP contribution in [0.5, 0.6) is 0 Å². The number of alkyl halides is 1. The minimum Gasteiger partial charge on any atom is -0.467 e. The number of amides is 1. The zero-order valence-electron chi connectivity index (χ0n) is 14.6. The monoisotopic (exact) mass is 364 g/mol. The highest BCUT2D eigenvalue weighted by Crippen LogP contribution is 2.15. The number of nitrogens with zero attached hydrogens (tertiary/aromatic N) is 3. The van der Waals surface area contributed by atoms with Crippen molar-refractivity contribution < 1.29 is 18.7 Å². The smallest absolute Gasteiger partial charge is 0.329 e. The molecule has 0 aromatic carbocycles. The lowest BCUT2D eigenvalue weighted by atomic mass is 10.2. The molecule has 26 heavy (non-hydrogen) atoms. The van der Waals surface area contributed by atoms with Crippen LogP contribution < -0.4 is 5.56 Å². The molecule has 9 heteroatoms. The second-order valence-electron chi connectivity index (χ2n) is 5.85. The van der Waals surface area contributed by atoms with Crippen molar-refractivity contribution in [3.8, 4) is 0 Å². The van der Waals surface area contributed by atoms with Gasteiger partial charge in [0.15, 0.2) is 5.52 Å². The molecular weight excluding hydrogens is 343 g/mol. The Balaban J connectivity index is 2.39. The molecule has 0 fully saturated rings. The predicted molar refractivity (Wildman–Crippen MR) is 93.3 cm³/mol. The lowest BCUT2D eigenvalue weighted by Crippen LogP contribution is -2.30. The summed E-state index contributed by atoms with van der Waals surface area (Å²) >= 11 is 0. The number of rotatable bonds is 9. The van der Waals surface area contributed by atoms with Crippen LogP contribution in [-0.4, -0.2) is 51.6 Å². The molecule has 8 nitrogen and oxygen atoms in total. The number of hydrogen-bond donors (Lipinski definition) is 1. The molecule has 0 radical (unpaired) electrons. The van der Waals surface area contributed by atoms with E-state index >= 15 is 0 Å². The van der Waals surface area contributed by atoms with E-state index in [0.717, 1.165) is 0 Å². The first kappa shape index (κ1) is 19.4.